The Bertz CT molecular complexity index is 420. The third-order valence-electron chi connectivity index (χ3n) is 4.18. The highest BCUT2D eigenvalue weighted by atomic mass is 16.5. The van der Waals surface area contributed by atoms with Crippen LogP contribution in [0, 0.1) is 5.41 Å². The van der Waals surface area contributed by atoms with E-state index in [1.807, 2.05) is 0 Å². The average molecular weight is 247 g/mol. The molecule has 1 aromatic rings. The summed E-state index contributed by atoms with van der Waals surface area (Å²) in [6.07, 6.45) is 2.37. The molecule has 0 bridgehead atoms. The maximum atomic E-state index is 5.33. The van der Waals surface area contributed by atoms with Crippen molar-refractivity contribution in [2.24, 2.45) is 5.41 Å². The Morgan fingerprint density at radius 2 is 2.06 bits per heavy atom. The van der Waals surface area contributed by atoms with Gasteiger partial charge in [-0.3, -0.25) is 0 Å². The normalized spacial score (nSPS) is 20.6. The predicted octanol–water partition coefficient (Wildman–Crippen LogP) is 3.71. The van der Waals surface area contributed by atoms with E-state index in [-0.39, 0.29) is 0 Å². The molecule has 2 rings (SSSR count). The summed E-state index contributed by atoms with van der Waals surface area (Å²) in [5.41, 5.74) is 3.18. The van der Waals surface area contributed by atoms with Crippen LogP contribution >= 0.6 is 0 Å². The number of rotatable bonds is 3. The van der Waals surface area contributed by atoms with Gasteiger partial charge in [0.2, 0.25) is 0 Å². The molecule has 0 saturated heterocycles. The van der Waals surface area contributed by atoms with E-state index in [1.54, 1.807) is 7.11 Å². The number of hydrogen-bond donors (Lipinski definition) is 1. The van der Waals surface area contributed by atoms with Crippen LogP contribution in [0.5, 0.6) is 5.75 Å². The van der Waals surface area contributed by atoms with Crippen LogP contribution in [0.2, 0.25) is 0 Å². The summed E-state index contributed by atoms with van der Waals surface area (Å²) >= 11 is 0. The second kappa shape index (κ2) is 4.93. The topological polar surface area (TPSA) is 21.3 Å². The van der Waals surface area contributed by atoms with Gasteiger partial charge in [-0.15, -0.1) is 0 Å². The lowest BCUT2D eigenvalue weighted by Crippen LogP contribution is -2.39. The van der Waals surface area contributed by atoms with Crippen molar-refractivity contribution >= 4 is 0 Å². The molecule has 2 unspecified atom stereocenters. The van der Waals surface area contributed by atoms with Gasteiger partial charge in [0.25, 0.3) is 0 Å². The Morgan fingerprint density at radius 3 is 2.67 bits per heavy atom. The van der Waals surface area contributed by atoms with Gasteiger partial charge in [-0.25, -0.2) is 0 Å². The summed E-state index contributed by atoms with van der Waals surface area (Å²) in [6, 6.07) is 7.44. The average Bonchev–Trinajstić information content (AvgIpc) is 2.70. The van der Waals surface area contributed by atoms with Crippen LogP contribution in [0.15, 0.2) is 18.2 Å². The molecule has 0 heterocycles. The van der Waals surface area contributed by atoms with Crippen LogP contribution in [-0.2, 0) is 6.42 Å². The molecular formula is C16H25NO. The zero-order valence-electron chi connectivity index (χ0n) is 12.2. The molecule has 0 aromatic heterocycles. The smallest absolute Gasteiger partial charge is 0.119 e. The van der Waals surface area contributed by atoms with E-state index in [4.69, 9.17) is 4.74 Å². The summed E-state index contributed by atoms with van der Waals surface area (Å²) < 4.78 is 5.33. The molecule has 0 spiro atoms. The van der Waals surface area contributed by atoms with E-state index in [2.05, 4.69) is 51.2 Å². The lowest BCUT2D eigenvalue weighted by atomic mass is 9.87. The van der Waals surface area contributed by atoms with Gasteiger partial charge >= 0.3 is 0 Å². The zero-order chi connectivity index (χ0) is 13.3. The van der Waals surface area contributed by atoms with E-state index >= 15 is 0 Å². The van der Waals surface area contributed by atoms with Crippen LogP contribution in [0.25, 0.3) is 0 Å². The number of fused-ring (bicyclic) bond motifs is 1. The number of benzene rings is 1. The fourth-order valence-corrected chi connectivity index (χ4v) is 2.43. The van der Waals surface area contributed by atoms with Crippen molar-refractivity contribution in [2.75, 3.05) is 7.11 Å². The van der Waals surface area contributed by atoms with Gasteiger partial charge in [0.15, 0.2) is 0 Å². The van der Waals surface area contributed by atoms with E-state index in [0.717, 1.165) is 5.75 Å². The molecule has 2 heteroatoms. The van der Waals surface area contributed by atoms with Crippen molar-refractivity contribution in [2.45, 2.75) is 52.6 Å². The van der Waals surface area contributed by atoms with Crippen LogP contribution < -0.4 is 10.1 Å². The summed E-state index contributed by atoms with van der Waals surface area (Å²) in [5.74, 6) is 0.964. The number of ether oxygens (including phenoxy) is 1. The number of hydrogen-bond acceptors (Lipinski definition) is 2. The zero-order valence-corrected chi connectivity index (χ0v) is 12.2. The highest BCUT2D eigenvalue weighted by Crippen LogP contribution is 2.35. The van der Waals surface area contributed by atoms with Crippen molar-refractivity contribution in [1.82, 2.24) is 5.32 Å². The van der Waals surface area contributed by atoms with Crippen molar-refractivity contribution in [1.29, 1.82) is 0 Å². The summed E-state index contributed by atoms with van der Waals surface area (Å²) in [7, 11) is 1.73. The first-order chi connectivity index (χ1) is 8.41. The predicted molar refractivity (Wildman–Crippen MR) is 76.1 cm³/mol. The molecule has 2 atom stereocenters. The summed E-state index contributed by atoms with van der Waals surface area (Å²) in [4.78, 5) is 0. The monoisotopic (exact) mass is 247 g/mol. The summed E-state index contributed by atoms with van der Waals surface area (Å²) in [5, 5.41) is 3.77. The van der Waals surface area contributed by atoms with E-state index in [0.29, 0.717) is 17.5 Å². The first kappa shape index (κ1) is 13.4. The third kappa shape index (κ3) is 2.69. The fraction of sp³-hybridized carbons (Fsp3) is 0.625. The molecule has 0 radical (unpaired) electrons. The highest BCUT2D eigenvalue weighted by molar-refractivity contribution is 5.40. The number of aryl methyl sites for hydroxylation is 1. The minimum absolute atomic E-state index is 0.293. The minimum Gasteiger partial charge on any atom is -0.497 e. The fourth-order valence-electron chi connectivity index (χ4n) is 2.43. The van der Waals surface area contributed by atoms with E-state index < -0.39 is 0 Å². The first-order valence-electron chi connectivity index (χ1n) is 6.84. The first-order valence-corrected chi connectivity index (χ1v) is 6.84. The van der Waals surface area contributed by atoms with Gasteiger partial charge in [0.1, 0.15) is 5.75 Å². The van der Waals surface area contributed by atoms with E-state index in [1.165, 1.54) is 24.0 Å². The van der Waals surface area contributed by atoms with Crippen molar-refractivity contribution in [3.05, 3.63) is 29.3 Å². The van der Waals surface area contributed by atoms with Gasteiger partial charge in [-0.1, -0.05) is 26.8 Å². The standard InChI is InChI=1S/C16H25NO/c1-11(16(2,3)4)17-15-9-7-12-6-8-13(18-5)10-14(12)15/h6,8,10-11,15,17H,7,9H2,1-5H3. The molecule has 18 heavy (non-hydrogen) atoms. The Balaban J connectivity index is 2.16. The number of nitrogens with one attached hydrogen (secondary N) is 1. The second-order valence-electron chi connectivity index (χ2n) is 6.41. The maximum absolute atomic E-state index is 5.33. The van der Waals surface area contributed by atoms with Crippen LogP contribution in [0.4, 0.5) is 0 Å². The SMILES string of the molecule is COc1ccc2c(c1)C(NC(C)C(C)(C)C)CC2. The molecule has 100 valence electrons. The molecule has 1 aromatic carbocycles. The quantitative estimate of drug-likeness (QED) is 0.879. The van der Waals surface area contributed by atoms with Crippen LogP contribution in [-0.4, -0.2) is 13.2 Å². The molecule has 0 amide bonds. The molecule has 2 nitrogen and oxygen atoms in total. The van der Waals surface area contributed by atoms with Gasteiger partial charge in [0, 0.05) is 12.1 Å². The minimum atomic E-state index is 0.293. The Hall–Kier alpha value is -1.02. The van der Waals surface area contributed by atoms with Gasteiger partial charge in [-0.05, 0) is 48.4 Å². The molecule has 0 aliphatic heterocycles. The number of methoxy groups -OCH3 is 1. The lowest BCUT2D eigenvalue weighted by molar-refractivity contribution is 0.262. The van der Waals surface area contributed by atoms with Gasteiger partial charge in [-0.2, -0.15) is 0 Å². The molecular weight excluding hydrogens is 222 g/mol. The molecule has 1 N–H and O–H groups in total. The van der Waals surface area contributed by atoms with Crippen molar-refractivity contribution in [3.8, 4) is 5.75 Å². The molecule has 0 fully saturated rings. The molecule has 0 saturated carbocycles. The third-order valence-corrected chi connectivity index (χ3v) is 4.18. The van der Waals surface area contributed by atoms with Crippen LogP contribution in [0.3, 0.4) is 0 Å². The largest absolute Gasteiger partial charge is 0.497 e. The lowest BCUT2D eigenvalue weighted by Gasteiger charge is -2.31. The molecule has 1 aliphatic rings. The van der Waals surface area contributed by atoms with Crippen LogP contribution in [0.1, 0.15) is 51.3 Å². The Kier molecular flexibility index (Phi) is 3.67. The van der Waals surface area contributed by atoms with Gasteiger partial charge in [0.05, 0.1) is 7.11 Å². The van der Waals surface area contributed by atoms with Crippen molar-refractivity contribution in [3.63, 3.8) is 0 Å². The second-order valence-corrected chi connectivity index (χ2v) is 6.41. The highest BCUT2D eigenvalue weighted by Gasteiger charge is 2.28. The summed E-state index contributed by atoms with van der Waals surface area (Å²) in [6.45, 7) is 9.13. The molecule has 1 aliphatic carbocycles. The van der Waals surface area contributed by atoms with Gasteiger partial charge < -0.3 is 10.1 Å². The maximum Gasteiger partial charge on any atom is 0.119 e. The van der Waals surface area contributed by atoms with Crippen molar-refractivity contribution < 1.29 is 4.74 Å². The Labute approximate surface area is 111 Å². The van der Waals surface area contributed by atoms with E-state index in [9.17, 15) is 0 Å². The Morgan fingerprint density at radius 1 is 1.33 bits per heavy atom.